The Morgan fingerprint density at radius 3 is 2.62 bits per heavy atom. The average Bonchev–Trinajstić information content (AvgIpc) is 3.02. The van der Waals surface area contributed by atoms with E-state index in [4.69, 9.17) is 11.6 Å². The van der Waals surface area contributed by atoms with Crippen molar-refractivity contribution >= 4 is 29.2 Å². The number of halogens is 1. The van der Waals surface area contributed by atoms with E-state index in [1.807, 2.05) is 54.1 Å². The molecule has 0 saturated carbocycles. The third-order valence-corrected chi connectivity index (χ3v) is 3.80. The molecular weight excluding hydrogens is 326 g/mol. The van der Waals surface area contributed by atoms with Gasteiger partial charge in [0, 0.05) is 23.0 Å². The molecule has 0 aliphatic rings. The predicted molar refractivity (Wildman–Crippen MR) is 95.9 cm³/mol. The minimum absolute atomic E-state index is 0.00384. The van der Waals surface area contributed by atoms with Gasteiger partial charge in [-0.1, -0.05) is 17.7 Å². The third kappa shape index (κ3) is 3.36. The van der Waals surface area contributed by atoms with E-state index >= 15 is 0 Å². The molecule has 3 aromatic rings. The maximum absolute atomic E-state index is 11.2. The Labute approximate surface area is 144 Å². The highest BCUT2D eigenvalue weighted by Gasteiger charge is 2.12. The molecule has 0 radical (unpaired) electrons. The summed E-state index contributed by atoms with van der Waals surface area (Å²) in [7, 11) is 0. The van der Waals surface area contributed by atoms with Crippen LogP contribution in [-0.2, 0) is 0 Å². The normalized spacial score (nSPS) is 11.1. The van der Waals surface area contributed by atoms with Crippen LogP contribution in [0.4, 0.5) is 11.4 Å². The summed E-state index contributed by atoms with van der Waals surface area (Å²) in [4.78, 5) is 15.1. The summed E-state index contributed by atoms with van der Waals surface area (Å²) in [6.45, 7) is 1.81. The van der Waals surface area contributed by atoms with Crippen LogP contribution in [0.5, 0.6) is 0 Å². The Balaban J connectivity index is 1.96. The molecule has 0 bridgehead atoms. The number of hydrogen-bond donors (Lipinski definition) is 0. The number of aliphatic imine (C=N–C) groups is 1. The molecule has 0 unspecified atom stereocenters. The molecule has 0 fully saturated rings. The van der Waals surface area contributed by atoms with Gasteiger partial charge in [-0.15, -0.1) is 0 Å². The van der Waals surface area contributed by atoms with Crippen molar-refractivity contribution in [2.24, 2.45) is 4.99 Å². The van der Waals surface area contributed by atoms with Gasteiger partial charge >= 0.3 is 0 Å². The highest BCUT2D eigenvalue weighted by molar-refractivity contribution is 6.30. The van der Waals surface area contributed by atoms with Gasteiger partial charge in [-0.25, -0.2) is 4.99 Å². The average molecular weight is 340 g/mol. The Morgan fingerprint density at radius 1 is 1.17 bits per heavy atom. The molecule has 6 heteroatoms. The first-order valence-electron chi connectivity index (χ1n) is 7.27. The lowest BCUT2D eigenvalue weighted by molar-refractivity contribution is -0.384. The zero-order chi connectivity index (χ0) is 17.1. The molecular formula is C18H14ClN3O2. The van der Waals surface area contributed by atoms with Crippen LogP contribution in [0.25, 0.3) is 5.69 Å². The number of aryl methyl sites for hydroxylation is 1. The third-order valence-electron chi connectivity index (χ3n) is 3.55. The molecule has 0 atom stereocenters. The minimum atomic E-state index is -0.419. The molecule has 0 aliphatic carbocycles. The first-order valence-corrected chi connectivity index (χ1v) is 7.65. The van der Waals surface area contributed by atoms with Crippen molar-refractivity contribution < 1.29 is 4.92 Å². The number of benzene rings is 2. The lowest BCUT2D eigenvalue weighted by Gasteiger charge is -2.06. The van der Waals surface area contributed by atoms with Gasteiger partial charge < -0.3 is 4.57 Å². The van der Waals surface area contributed by atoms with Gasteiger partial charge in [0.15, 0.2) is 0 Å². The van der Waals surface area contributed by atoms with Gasteiger partial charge in [0.2, 0.25) is 0 Å². The zero-order valence-corrected chi connectivity index (χ0v) is 13.6. The Morgan fingerprint density at radius 2 is 1.92 bits per heavy atom. The number of hydrogen-bond acceptors (Lipinski definition) is 3. The van der Waals surface area contributed by atoms with Crippen LogP contribution in [-0.4, -0.2) is 15.7 Å². The van der Waals surface area contributed by atoms with Gasteiger partial charge in [0.05, 0.1) is 16.8 Å². The summed E-state index contributed by atoms with van der Waals surface area (Å²) in [5.74, 6) is 0. The molecule has 0 spiro atoms. The van der Waals surface area contributed by atoms with Crippen molar-refractivity contribution in [2.45, 2.75) is 6.92 Å². The Bertz CT molecular complexity index is 914. The maximum Gasteiger partial charge on any atom is 0.295 e. The SMILES string of the molecule is Cc1ccc(N=Cc2cccn2-c2ccc(Cl)cc2)c([N+](=O)[O-])c1. The molecule has 3 rings (SSSR count). The topological polar surface area (TPSA) is 60.4 Å². The van der Waals surface area contributed by atoms with E-state index in [0.717, 1.165) is 16.9 Å². The number of nitro benzene ring substituents is 1. The van der Waals surface area contributed by atoms with Gasteiger partial charge in [0.1, 0.15) is 5.69 Å². The predicted octanol–water partition coefficient (Wildman–Crippen LogP) is 5.10. The monoisotopic (exact) mass is 339 g/mol. The number of nitro groups is 1. The molecule has 0 amide bonds. The van der Waals surface area contributed by atoms with Crippen molar-refractivity contribution in [1.82, 2.24) is 4.57 Å². The standard InChI is InChI=1S/C18H14ClN3O2/c1-13-4-9-17(18(11-13)22(23)24)20-12-16-3-2-10-21(16)15-7-5-14(19)6-8-15/h2-12H,1H3. The van der Waals surface area contributed by atoms with E-state index < -0.39 is 4.92 Å². The number of aromatic nitrogens is 1. The van der Waals surface area contributed by atoms with Gasteiger partial charge in [-0.3, -0.25) is 10.1 Å². The summed E-state index contributed by atoms with van der Waals surface area (Å²) in [5.41, 5.74) is 2.90. The van der Waals surface area contributed by atoms with E-state index in [0.29, 0.717) is 10.7 Å². The van der Waals surface area contributed by atoms with Gasteiger partial charge in [-0.2, -0.15) is 0 Å². The first-order chi connectivity index (χ1) is 11.5. The lowest BCUT2D eigenvalue weighted by Crippen LogP contribution is -1.97. The lowest BCUT2D eigenvalue weighted by atomic mass is 10.2. The minimum Gasteiger partial charge on any atom is -0.316 e. The first kappa shape index (κ1) is 16.0. The van der Waals surface area contributed by atoms with Crippen molar-refractivity contribution in [1.29, 1.82) is 0 Å². The van der Waals surface area contributed by atoms with E-state index in [2.05, 4.69) is 4.99 Å². The fraction of sp³-hybridized carbons (Fsp3) is 0.0556. The second-order valence-electron chi connectivity index (χ2n) is 5.29. The second-order valence-corrected chi connectivity index (χ2v) is 5.72. The van der Waals surface area contributed by atoms with Gasteiger partial charge in [0.25, 0.3) is 5.69 Å². The highest BCUT2D eigenvalue weighted by Crippen LogP contribution is 2.28. The van der Waals surface area contributed by atoms with Gasteiger partial charge in [-0.05, 0) is 55.0 Å². The van der Waals surface area contributed by atoms with E-state index in [1.165, 1.54) is 6.07 Å². The zero-order valence-electron chi connectivity index (χ0n) is 12.9. The van der Waals surface area contributed by atoms with Crippen molar-refractivity contribution in [3.8, 4) is 5.69 Å². The molecule has 120 valence electrons. The summed E-state index contributed by atoms with van der Waals surface area (Å²) in [5, 5.41) is 11.8. The summed E-state index contributed by atoms with van der Waals surface area (Å²) in [6, 6.07) is 16.2. The highest BCUT2D eigenvalue weighted by atomic mass is 35.5. The van der Waals surface area contributed by atoms with Crippen LogP contribution in [0.1, 0.15) is 11.3 Å². The summed E-state index contributed by atoms with van der Waals surface area (Å²) < 4.78 is 1.93. The Hall–Kier alpha value is -2.92. The molecule has 5 nitrogen and oxygen atoms in total. The quantitative estimate of drug-likeness (QED) is 0.377. The summed E-state index contributed by atoms with van der Waals surface area (Å²) in [6.07, 6.45) is 3.51. The molecule has 1 aromatic heterocycles. The molecule has 0 saturated heterocycles. The molecule has 2 aromatic carbocycles. The van der Waals surface area contributed by atoms with E-state index in [9.17, 15) is 10.1 Å². The molecule has 1 heterocycles. The molecule has 0 aliphatic heterocycles. The summed E-state index contributed by atoms with van der Waals surface area (Å²) >= 11 is 5.91. The van der Waals surface area contributed by atoms with Crippen LogP contribution < -0.4 is 0 Å². The fourth-order valence-corrected chi connectivity index (χ4v) is 2.49. The van der Waals surface area contributed by atoms with Crippen molar-refractivity contribution in [2.75, 3.05) is 0 Å². The van der Waals surface area contributed by atoms with Crippen LogP contribution >= 0.6 is 11.6 Å². The van der Waals surface area contributed by atoms with E-state index in [1.54, 1.807) is 18.3 Å². The molecule has 0 N–H and O–H groups in total. The van der Waals surface area contributed by atoms with Crippen molar-refractivity contribution in [3.63, 3.8) is 0 Å². The van der Waals surface area contributed by atoms with Crippen LogP contribution in [0.2, 0.25) is 5.02 Å². The van der Waals surface area contributed by atoms with Crippen LogP contribution in [0.3, 0.4) is 0 Å². The van der Waals surface area contributed by atoms with Crippen molar-refractivity contribution in [3.05, 3.63) is 87.2 Å². The maximum atomic E-state index is 11.2. The second kappa shape index (κ2) is 6.68. The fourth-order valence-electron chi connectivity index (χ4n) is 2.36. The largest absolute Gasteiger partial charge is 0.316 e. The molecule has 24 heavy (non-hydrogen) atoms. The Kier molecular flexibility index (Phi) is 4.44. The van der Waals surface area contributed by atoms with E-state index in [-0.39, 0.29) is 5.69 Å². The van der Waals surface area contributed by atoms with Crippen LogP contribution in [0.15, 0.2) is 65.8 Å². The van der Waals surface area contributed by atoms with Crippen LogP contribution in [0, 0.1) is 17.0 Å². The number of rotatable bonds is 4. The number of nitrogens with zero attached hydrogens (tertiary/aromatic N) is 3. The smallest absolute Gasteiger partial charge is 0.295 e.